The minimum atomic E-state index is 0.939. The van der Waals surface area contributed by atoms with Crippen molar-refractivity contribution in [1.29, 1.82) is 0 Å². The fraction of sp³-hybridized carbons (Fsp3) is 0.667. The van der Waals surface area contributed by atoms with Crippen molar-refractivity contribution in [1.82, 2.24) is 5.32 Å². The molecule has 2 heteroatoms. The first-order valence-corrected chi connectivity index (χ1v) is 5.43. The molecule has 0 amide bonds. The van der Waals surface area contributed by atoms with Crippen molar-refractivity contribution < 1.29 is 4.42 Å². The van der Waals surface area contributed by atoms with Crippen LogP contribution in [0, 0.1) is 20.8 Å². The zero-order valence-corrected chi connectivity index (χ0v) is 9.74. The van der Waals surface area contributed by atoms with Crippen LogP contribution in [0.15, 0.2) is 4.42 Å². The maximum Gasteiger partial charge on any atom is 0.105 e. The third-order valence-corrected chi connectivity index (χ3v) is 2.72. The van der Waals surface area contributed by atoms with Crippen LogP contribution in [0.2, 0.25) is 0 Å². The zero-order chi connectivity index (χ0) is 10.6. The van der Waals surface area contributed by atoms with Crippen LogP contribution in [0.1, 0.15) is 42.4 Å². The van der Waals surface area contributed by atoms with E-state index in [2.05, 4.69) is 19.2 Å². The van der Waals surface area contributed by atoms with Crippen molar-refractivity contribution in [2.45, 2.75) is 47.1 Å². The van der Waals surface area contributed by atoms with Gasteiger partial charge in [0, 0.05) is 12.1 Å². The summed E-state index contributed by atoms with van der Waals surface area (Å²) in [6.45, 7) is 10.4. The normalized spacial score (nSPS) is 10.9. The molecule has 0 saturated carbocycles. The molecule has 2 nitrogen and oxygen atoms in total. The number of furan rings is 1. The molecule has 1 aromatic rings. The van der Waals surface area contributed by atoms with E-state index in [1.54, 1.807) is 0 Å². The van der Waals surface area contributed by atoms with E-state index in [9.17, 15) is 0 Å². The molecule has 1 heterocycles. The Labute approximate surface area is 86.7 Å². The highest BCUT2D eigenvalue weighted by Gasteiger charge is 2.09. The number of hydrogen-bond donors (Lipinski definition) is 1. The second-order valence-corrected chi connectivity index (χ2v) is 3.85. The molecule has 0 radical (unpaired) electrons. The quantitative estimate of drug-likeness (QED) is 0.730. The number of hydrogen-bond acceptors (Lipinski definition) is 2. The highest BCUT2D eigenvalue weighted by atomic mass is 16.3. The molecule has 0 atom stereocenters. The number of aryl methyl sites for hydroxylation is 2. The maximum atomic E-state index is 5.56. The second kappa shape index (κ2) is 5.20. The van der Waals surface area contributed by atoms with Crippen molar-refractivity contribution in [3.63, 3.8) is 0 Å². The van der Waals surface area contributed by atoms with Gasteiger partial charge >= 0.3 is 0 Å². The minimum Gasteiger partial charge on any atom is -0.466 e. The largest absolute Gasteiger partial charge is 0.466 e. The van der Waals surface area contributed by atoms with E-state index in [1.807, 2.05) is 13.8 Å². The summed E-state index contributed by atoms with van der Waals surface area (Å²) < 4.78 is 5.56. The lowest BCUT2D eigenvalue weighted by molar-refractivity contribution is 0.497. The van der Waals surface area contributed by atoms with Crippen molar-refractivity contribution in [3.05, 3.63) is 22.6 Å². The fourth-order valence-electron chi connectivity index (χ4n) is 1.62. The molecule has 0 aliphatic carbocycles. The predicted molar refractivity (Wildman–Crippen MR) is 59.5 cm³/mol. The summed E-state index contributed by atoms with van der Waals surface area (Å²) in [5, 5.41) is 3.44. The van der Waals surface area contributed by atoms with Gasteiger partial charge in [-0.25, -0.2) is 0 Å². The lowest BCUT2D eigenvalue weighted by atomic mass is 10.1. The molecule has 1 N–H and O–H groups in total. The Morgan fingerprint density at radius 1 is 1.14 bits per heavy atom. The van der Waals surface area contributed by atoms with Crippen LogP contribution in [0.5, 0.6) is 0 Å². The number of rotatable bonds is 5. The number of nitrogens with one attached hydrogen (secondary N) is 1. The first-order chi connectivity index (χ1) is 6.66. The van der Waals surface area contributed by atoms with Crippen LogP contribution >= 0.6 is 0 Å². The molecule has 0 bridgehead atoms. The molecule has 1 rings (SSSR count). The van der Waals surface area contributed by atoms with Gasteiger partial charge in [0.25, 0.3) is 0 Å². The Balaban J connectivity index is 2.49. The molecule has 0 saturated heterocycles. The highest BCUT2D eigenvalue weighted by molar-refractivity contribution is 5.31. The van der Waals surface area contributed by atoms with Crippen LogP contribution in [0.4, 0.5) is 0 Å². The summed E-state index contributed by atoms with van der Waals surface area (Å²) in [5.41, 5.74) is 2.63. The van der Waals surface area contributed by atoms with Crippen LogP contribution in [0.25, 0.3) is 0 Å². The van der Waals surface area contributed by atoms with Crippen LogP contribution < -0.4 is 5.32 Å². The molecule has 0 spiro atoms. The lowest BCUT2D eigenvalue weighted by Gasteiger charge is -2.03. The van der Waals surface area contributed by atoms with Gasteiger partial charge in [-0.1, -0.05) is 13.3 Å². The Bertz CT molecular complexity index is 289. The molecule has 0 fully saturated rings. The predicted octanol–water partition coefficient (Wildman–Crippen LogP) is 3.09. The Hall–Kier alpha value is -0.760. The van der Waals surface area contributed by atoms with Gasteiger partial charge in [0.15, 0.2) is 0 Å². The molecule has 0 aliphatic heterocycles. The van der Waals surface area contributed by atoms with Gasteiger partial charge in [0.2, 0.25) is 0 Å². The van der Waals surface area contributed by atoms with E-state index in [1.165, 1.54) is 24.0 Å². The molecule has 1 aromatic heterocycles. The van der Waals surface area contributed by atoms with Crippen LogP contribution in [0.3, 0.4) is 0 Å². The summed E-state index contributed by atoms with van der Waals surface area (Å²) in [4.78, 5) is 0. The summed E-state index contributed by atoms with van der Waals surface area (Å²) in [6, 6.07) is 0. The molecular weight excluding hydrogens is 174 g/mol. The van der Waals surface area contributed by atoms with E-state index in [4.69, 9.17) is 4.42 Å². The smallest absolute Gasteiger partial charge is 0.105 e. The van der Waals surface area contributed by atoms with Crippen molar-refractivity contribution in [3.8, 4) is 0 Å². The zero-order valence-electron chi connectivity index (χ0n) is 9.74. The monoisotopic (exact) mass is 195 g/mol. The van der Waals surface area contributed by atoms with Gasteiger partial charge in [0.1, 0.15) is 11.5 Å². The van der Waals surface area contributed by atoms with Crippen molar-refractivity contribution in [2.24, 2.45) is 0 Å². The molecule has 14 heavy (non-hydrogen) atoms. The third-order valence-electron chi connectivity index (χ3n) is 2.72. The van der Waals surface area contributed by atoms with Gasteiger partial charge in [-0.2, -0.15) is 0 Å². The van der Waals surface area contributed by atoms with E-state index in [0.29, 0.717) is 0 Å². The van der Waals surface area contributed by atoms with Crippen LogP contribution in [-0.4, -0.2) is 6.54 Å². The summed E-state index contributed by atoms with van der Waals surface area (Å²) in [7, 11) is 0. The van der Waals surface area contributed by atoms with E-state index in [0.717, 1.165) is 24.6 Å². The summed E-state index contributed by atoms with van der Waals surface area (Å²) >= 11 is 0. The van der Waals surface area contributed by atoms with E-state index < -0.39 is 0 Å². The summed E-state index contributed by atoms with van der Waals surface area (Å²) in [6.07, 6.45) is 2.49. The van der Waals surface area contributed by atoms with Gasteiger partial charge in [0.05, 0.1) is 0 Å². The molecule has 0 aromatic carbocycles. The minimum absolute atomic E-state index is 0.939. The van der Waals surface area contributed by atoms with E-state index in [-0.39, 0.29) is 0 Å². The Kier molecular flexibility index (Phi) is 4.21. The molecule has 0 unspecified atom stereocenters. The molecule has 80 valence electrons. The van der Waals surface area contributed by atoms with Gasteiger partial charge in [-0.3, -0.25) is 0 Å². The number of unbranched alkanes of at least 4 members (excludes halogenated alkanes) is 1. The first-order valence-electron chi connectivity index (χ1n) is 5.43. The second-order valence-electron chi connectivity index (χ2n) is 3.85. The maximum absolute atomic E-state index is 5.56. The fourth-order valence-corrected chi connectivity index (χ4v) is 1.62. The van der Waals surface area contributed by atoms with E-state index >= 15 is 0 Å². The average molecular weight is 195 g/mol. The van der Waals surface area contributed by atoms with Crippen LogP contribution in [-0.2, 0) is 6.54 Å². The third kappa shape index (κ3) is 2.61. The summed E-state index contributed by atoms with van der Waals surface area (Å²) in [5.74, 6) is 2.11. The highest BCUT2D eigenvalue weighted by Crippen LogP contribution is 2.20. The van der Waals surface area contributed by atoms with Crippen molar-refractivity contribution in [2.75, 3.05) is 6.54 Å². The first kappa shape index (κ1) is 11.3. The standard InChI is InChI=1S/C12H21NO/c1-5-6-7-13-8-12-9(2)10(3)14-11(12)4/h13H,5-8H2,1-4H3. The van der Waals surface area contributed by atoms with Gasteiger partial charge in [-0.15, -0.1) is 0 Å². The average Bonchev–Trinajstić information content (AvgIpc) is 2.38. The molecular formula is C12H21NO. The Morgan fingerprint density at radius 2 is 1.86 bits per heavy atom. The van der Waals surface area contributed by atoms with Gasteiger partial charge in [-0.05, 0) is 39.3 Å². The van der Waals surface area contributed by atoms with Crippen molar-refractivity contribution >= 4 is 0 Å². The topological polar surface area (TPSA) is 25.2 Å². The Morgan fingerprint density at radius 3 is 2.36 bits per heavy atom. The molecule has 0 aliphatic rings. The lowest BCUT2D eigenvalue weighted by Crippen LogP contribution is -2.15. The van der Waals surface area contributed by atoms with Gasteiger partial charge < -0.3 is 9.73 Å². The SMILES string of the molecule is CCCCNCc1c(C)oc(C)c1C.